The van der Waals surface area contributed by atoms with Gasteiger partial charge in [0.25, 0.3) is 5.91 Å². The zero-order valence-electron chi connectivity index (χ0n) is 9.72. The van der Waals surface area contributed by atoms with Crippen molar-refractivity contribution in [1.29, 1.82) is 0 Å². The molecule has 1 heterocycles. The number of likely N-dealkylation sites (tertiary alicyclic amines) is 1. The fourth-order valence-electron chi connectivity index (χ4n) is 1.96. The minimum absolute atomic E-state index is 0. The quantitative estimate of drug-likeness (QED) is 0.796. The molecule has 0 spiro atoms. The maximum absolute atomic E-state index is 12.1. The molecule has 1 atom stereocenters. The van der Waals surface area contributed by atoms with Crippen LogP contribution >= 0.6 is 12.4 Å². The van der Waals surface area contributed by atoms with E-state index in [0.29, 0.717) is 18.7 Å². The number of aryl methyl sites for hydroxylation is 1. The van der Waals surface area contributed by atoms with Crippen LogP contribution in [0.15, 0.2) is 18.2 Å². The van der Waals surface area contributed by atoms with Crippen molar-refractivity contribution in [3.63, 3.8) is 0 Å². The highest BCUT2D eigenvalue weighted by Crippen LogP contribution is 2.21. The number of halogens is 1. The number of hydrogen-bond donors (Lipinski definition) is 2. The summed E-state index contributed by atoms with van der Waals surface area (Å²) >= 11 is 0. The number of hydrogen-bond acceptors (Lipinski definition) is 3. The number of aromatic hydroxyl groups is 1. The lowest BCUT2D eigenvalue weighted by atomic mass is 10.1. The Morgan fingerprint density at radius 3 is 2.82 bits per heavy atom. The molecule has 17 heavy (non-hydrogen) atoms. The molecule has 0 aromatic heterocycles. The highest BCUT2D eigenvalue weighted by atomic mass is 35.5. The number of nitrogens with two attached hydrogens (primary N) is 1. The Morgan fingerprint density at radius 1 is 1.53 bits per heavy atom. The average Bonchev–Trinajstić information content (AvgIpc) is 2.67. The number of amides is 1. The highest BCUT2D eigenvalue weighted by Gasteiger charge is 2.25. The molecule has 4 nitrogen and oxygen atoms in total. The second-order valence-corrected chi connectivity index (χ2v) is 4.32. The molecular formula is C12H17ClN2O2. The summed E-state index contributed by atoms with van der Waals surface area (Å²) in [7, 11) is 0. The molecule has 0 saturated carbocycles. The molecule has 1 amide bonds. The maximum atomic E-state index is 12.1. The molecule has 0 bridgehead atoms. The second kappa shape index (κ2) is 5.38. The minimum Gasteiger partial charge on any atom is -0.507 e. The number of carbonyl (C=O) groups excluding carboxylic acids is 1. The van der Waals surface area contributed by atoms with E-state index in [-0.39, 0.29) is 30.1 Å². The van der Waals surface area contributed by atoms with Crippen molar-refractivity contribution in [2.45, 2.75) is 19.4 Å². The van der Waals surface area contributed by atoms with Gasteiger partial charge in [0, 0.05) is 19.1 Å². The van der Waals surface area contributed by atoms with Gasteiger partial charge in [0.2, 0.25) is 0 Å². The second-order valence-electron chi connectivity index (χ2n) is 4.32. The van der Waals surface area contributed by atoms with Gasteiger partial charge in [-0.2, -0.15) is 0 Å². The van der Waals surface area contributed by atoms with Gasteiger partial charge in [0.05, 0.1) is 5.56 Å². The third-order valence-electron chi connectivity index (χ3n) is 2.89. The summed E-state index contributed by atoms with van der Waals surface area (Å²) in [6.45, 7) is 3.14. The van der Waals surface area contributed by atoms with Crippen LogP contribution in [-0.4, -0.2) is 35.0 Å². The molecular weight excluding hydrogens is 240 g/mol. The Hall–Kier alpha value is -1.26. The third kappa shape index (κ3) is 2.90. The maximum Gasteiger partial charge on any atom is 0.257 e. The Kier molecular flexibility index (Phi) is 4.37. The Morgan fingerprint density at radius 2 is 2.24 bits per heavy atom. The molecule has 1 aromatic rings. The standard InChI is InChI=1S/C12H16N2O2.ClH/c1-8-2-3-11(15)10(6-8)12(16)14-5-4-9(13)7-14;/h2-3,6,9,15H,4-5,7,13H2,1H3;1H. The molecule has 1 saturated heterocycles. The van der Waals surface area contributed by atoms with E-state index in [1.54, 1.807) is 23.1 Å². The molecule has 3 N–H and O–H groups in total. The zero-order chi connectivity index (χ0) is 11.7. The van der Waals surface area contributed by atoms with Crippen LogP contribution in [0.2, 0.25) is 0 Å². The van der Waals surface area contributed by atoms with E-state index >= 15 is 0 Å². The molecule has 1 aliphatic heterocycles. The topological polar surface area (TPSA) is 66.6 Å². The molecule has 1 unspecified atom stereocenters. The van der Waals surface area contributed by atoms with E-state index < -0.39 is 0 Å². The van der Waals surface area contributed by atoms with Gasteiger partial charge in [-0.15, -0.1) is 12.4 Å². The van der Waals surface area contributed by atoms with E-state index in [2.05, 4.69) is 0 Å². The fourth-order valence-corrected chi connectivity index (χ4v) is 1.96. The average molecular weight is 257 g/mol. The van der Waals surface area contributed by atoms with Gasteiger partial charge in [0.1, 0.15) is 5.75 Å². The van der Waals surface area contributed by atoms with Crippen LogP contribution in [-0.2, 0) is 0 Å². The summed E-state index contributed by atoms with van der Waals surface area (Å²) in [4.78, 5) is 13.8. The van der Waals surface area contributed by atoms with Crippen molar-refractivity contribution < 1.29 is 9.90 Å². The van der Waals surface area contributed by atoms with Crippen LogP contribution in [0.3, 0.4) is 0 Å². The van der Waals surface area contributed by atoms with E-state index in [1.807, 2.05) is 6.92 Å². The molecule has 2 rings (SSSR count). The largest absolute Gasteiger partial charge is 0.507 e. The van der Waals surface area contributed by atoms with Gasteiger partial charge < -0.3 is 15.7 Å². The third-order valence-corrected chi connectivity index (χ3v) is 2.89. The van der Waals surface area contributed by atoms with E-state index in [4.69, 9.17) is 5.73 Å². The van der Waals surface area contributed by atoms with Gasteiger partial charge in [-0.3, -0.25) is 4.79 Å². The summed E-state index contributed by atoms with van der Waals surface area (Å²) in [6, 6.07) is 5.11. The van der Waals surface area contributed by atoms with Crippen LogP contribution in [0.5, 0.6) is 5.75 Å². The molecule has 0 radical (unpaired) electrons. The summed E-state index contributed by atoms with van der Waals surface area (Å²) in [5.74, 6) is -0.0924. The number of benzene rings is 1. The Bertz CT molecular complexity index is 423. The molecule has 1 aromatic carbocycles. The number of phenolic OH excluding ortho intramolecular Hbond substituents is 1. The first-order valence-corrected chi connectivity index (χ1v) is 5.42. The van der Waals surface area contributed by atoms with Crippen molar-refractivity contribution in [2.24, 2.45) is 5.73 Å². The number of nitrogens with zero attached hydrogens (tertiary/aromatic N) is 1. The van der Waals surface area contributed by atoms with Gasteiger partial charge in [-0.1, -0.05) is 11.6 Å². The van der Waals surface area contributed by atoms with Crippen LogP contribution in [0.4, 0.5) is 0 Å². The number of carbonyl (C=O) groups is 1. The lowest BCUT2D eigenvalue weighted by Crippen LogP contribution is -2.31. The van der Waals surface area contributed by atoms with Crippen LogP contribution in [0.1, 0.15) is 22.3 Å². The zero-order valence-corrected chi connectivity index (χ0v) is 10.5. The van der Waals surface area contributed by atoms with Gasteiger partial charge in [-0.25, -0.2) is 0 Å². The number of phenols is 1. The fraction of sp³-hybridized carbons (Fsp3) is 0.417. The van der Waals surface area contributed by atoms with Crippen LogP contribution in [0.25, 0.3) is 0 Å². The van der Waals surface area contributed by atoms with Crippen LogP contribution < -0.4 is 5.73 Å². The predicted molar refractivity (Wildman–Crippen MR) is 68.6 cm³/mol. The lowest BCUT2D eigenvalue weighted by Gasteiger charge is -2.16. The summed E-state index contributed by atoms with van der Waals surface area (Å²) < 4.78 is 0. The minimum atomic E-state index is -0.130. The first-order chi connectivity index (χ1) is 7.58. The molecule has 1 aliphatic rings. The van der Waals surface area contributed by atoms with Crippen molar-refractivity contribution in [1.82, 2.24) is 4.90 Å². The summed E-state index contributed by atoms with van der Waals surface area (Å²) in [6.07, 6.45) is 0.832. The van der Waals surface area contributed by atoms with Crippen molar-refractivity contribution >= 4 is 18.3 Å². The number of rotatable bonds is 1. The van der Waals surface area contributed by atoms with Crippen molar-refractivity contribution in [3.05, 3.63) is 29.3 Å². The highest BCUT2D eigenvalue weighted by molar-refractivity contribution is 5.97. The smallest absolute Gasteiger partial charge is 0.257 e. The predicted octanol–water partition coefficient (Wildman–Crippen LogP) is 1.30. The normalized spacial score (nSPS) is 18.9. The first-order valence-electron chi connectivity index (χ1n) is 5.42. The molecule has 0 aliphatic carbocycles. The van der Waals surface area contributed by atoms with E-state index in [9.17, 15) is 9.90 Å². The Labute approximate surface area is 107 Å². The van der Waals surface area contributed by atoms with Crippen molar-refractivity contribution in [2.75, 3.05) is 13.1 Å². The van der Waals surface area contributed by atoms with E-state index in [0.717, 1.165) is 12.0 Å². The SMILES string of the molecule is Cc1ccc(O)c(C(=O)N2CCC(N)C2)c1.Cl. The van der Waals surface area contributed by atoms with E-state index in [1.165, 1.54) is 0 Å². The first kappa shape index (κ1) is 13.8. The van der Waals surface area contributed by atoms with Gasteiger partial charge >= 0.3 is 0 Å². The van der Waals surface area contributed by atoms with Crippen LogP contribution in [0, 0.1) is 6.92 Å². The molecule has 5 heteroatoms. The van der Waals surface area contributed by atoms with Gasteiger partial charge in [0.15, 0.2) is 0 Å². The molecule has 1 fully saturated rings. The monoisotopic (exact) mass is 256 g/mol. The van der Waals surface area contributed by atoms with Gasteiger partial charge in [-0.05, 0) is 25.5 Å². The Balaban J connectivity index is 0.00000144. The summed E-state index contributed by atoms with van der Waals surface area (Å²) in [5.41, 5.74) is 7.08. The lowest BCUT2D eigenvalue weighted by molar-refractivity contribution is 0.0788. The summed E-state index contributed by atoms with van der Waals surface area (Å²) in [5, 5.41) is 9.65. The molecule has 94 valence electrons. The van der Waals surface area contributed by atoms with Crippen molar-refractivity contribution in [3.8, 4) is 5.75 Å².